The van der Waals surface area contributed by atoms with Crippen LogP contribution in [0.1, 0.15) is 28.8 Å². The van der Waals surface area contributed by atoms with E-state index in [9.17, 15) is 9.59 Å². The zero-order valence-electron chi connectivity index (χ0n) is 16.7. The minimum absolute atomic E-state index is 0.113. The molecule has 3 heterocycles. The first-order valence-corrected chi connectivity index (χ1v) is 9.91. The normalized spacial score (nSPS) is 27.5. The first kappa shape index (κ1) is 18.6. The third kappa shape index (κ3) is 2.40. The topological polar surface area (TPSA) is 71.8 Å². The summed E-state index contributed by atoms with van der Waals surface area (Å²) in [6.07, 6.45) is 1.57. The number of nitrogens with one attached hydrogen (secondary N) is 1. The van der Waals surface area contributed by atoms with Gasteiger partial charge in [-0.25, -0.2) is 0 Å². The van der Waals surface area contributed by atoms with Crippen LogP contribution in [0.15, 0.2) is 77.4 Å². The van der Waals surface area contributed by atoms with Crippen molar-refractivity contribution in [2.75, 3.05) is 19.1 Å². The van der Waals surface area contributed by atoms with Gasteiger partial charge in [0, 0.05) is 24.3 Å². The Hall–Kier alpha value is -3.38. The maximum atomic E-state index is 13.8. The molecule has 0 radical (unpaired) electrons. The lowest BCUT2D eigenvalue weighted by Crippen LogP contribution is -2.49. The zero-order chi connectivity index (χ0) is 20.9. The molecule has 0 saturated carbocycles. The highest BCUT2D eigenvalue weighted by molar-refractivity contribution is 6.09. The molecule has 1 fully saturated rings. The van der Waals surface area contributed by atoms with E-state index in [4.69, 9.17) is 9.15 Å². The maximum absolute atomic E-state index is 13.8. The van der Waals surface area contributed by atoms with E-state index in [2.05, 4.69) is 5.32 Å². The van der Waals surface area contributed by atoms with Gasteiger partial charge in [-0.1, -0.05) is 48.5 Å². The average Bonchev–Trinajstić information content (AvgIpc) is 3.48. The van der Waals surface area contributed by atoms with E-state index in [-0.39, 0.29) is 11.9 Å². The fraction of sp³-hybridized carbons (Fsp3) is 0.250. The quantitative estimate of drug-likeness (QED) is 0.680. The van der Waals surface area contributed by atoms with Gasteiger partial charge >= 0.3 is 5.97 Å². The molecule has 1 aromatic heterocycles. The summed E-state index contributed by atoms with van der Waals surface area (Å²) in [4.78, 5) is 28.6. The van der Waals surface area contributed by atoms with Crippen LogP contribution in [0.25, 0.3) is 0 Å². The van der Waals surface area contributed by atoms with Gasteiger partial charge in [0.2, 0.25) is 0 Å². The highest BCUT2D eigenvalue weighted by Crippen LogP contribution is 2.58. The number of carbonyl (C=O) groups is 2. The lowest BCUT2D eigenvalue weighted by atomic mass is 9.73. The van der Waals surface area contributed by atoms with Gasteiger partial charge in [0.1, 0.15) is 11.3 Å². The van der Waals surface area contributed by atoms with E-state index in [0.717, 1.165) is 16.8 Å². The first-order valence-electron chi connectivity index (χ1n) is 9.91. The molecule has 1 saturated heterocycles. The molecule has 6 heteroatoms. The number of anilines is 1. The molecule has 2 aliphatic rings. The summed E-state index contributed by atoms with van der Waals surface area (Å²) in [5, 5.41) is 3.57. The molecular weight excluding hydrogens is 380 g/mol. The molecule has 3 aromatic rings. The van der Waals surface area contributed by atoms with E-state index in [1.807, 2.05) is 60.7 Å². The second kappa shape index (κ2) is 6.85. The molecule has 2 aliphatic heterocycles. The Morgan fingerprint density at radius 1 is 1.07 bits per heavy atom. The number of hydrogen-bond donors (Lipinski definition) is 1. The summed E-state index contributed by atoms with van der Waals surface area (Å²) in [5.41, 5.74) is 1.44. The SMILES string of the molecule is COC(=O)[C@@H]1[C@H](c2ccccc2)N[C@@]2(C(=O)N(C)c3ccccc32)[C@H]1c1ccco1. The highest BCUT2D eigenvalue weighted by Gasteiger charge is 2.66. The Bertz CT molecular complexity index is 1100. The van der Waals surface area contributed by atoms with Crippen LogP contribution >= 0.6 is 0 Å². The Balaban J connectivity index is 1.79. The average molecular weight is 402 g/mol. The molecule has 5 rings (SSSR count). The number of ether oxygens (including phenoxy) is 1. The number of hydrogen-bond acceptors (Lipinski definition) is 5. The number of rotatable bonds is 3. The van der Waals surface area contributed by atoms with Crippen LogP contribution in [-0.4, -0.2) is 26.0 Å². The smallest absolute Gasteiger partial charge is 0.311 e. The van der Waals surface area contributed by atoms with Crippen LogP contribution in [0.5, 0.6) is 0 Å². The minimum Gasteiger partial charge on any atom is -0.469 e. The van der Waals surface area contributed by atoms with Crippen molar-refractivity contribution in [3.63, 3.8) is 0 Å². The highest BCUT2D eigenvalue weighted by atomic mass is 16.5. The molecule has 4 atom stereocenters. The Morgan fingerprint density at radius 3 is 2.50 bits per heavy atom. The Labute approximate surface area is 174 Å². The fourth-order valence-corrected chi connectivity index (χ4v) is 5.13. The fourth-order valence-electron chi connectivity index (χ4n) is 5.13. The number of carbonyl (C=O) groups excluding carboxylic acids is 2. The van der Waals surface area contributed by atoms with Crippen molar-refractivity contribution in [2.45, 2.75) is 17.5 Å². The van der Waals surface area contributed by atoms with Crippen molar-refractivity contribution in [1.29, 1.82) is 0 Å². The molecule has 2 aromatic carbocycles. The molecule has 6 nitrogen and oxygen atoms in total. The van der Waals surface area contributed by atoms with Gasteiger partial charge in [-0.2, -0.15) is 0 Å². The largest absolute Gasteiger partial charge is 0.469 e. The zero-order valence-corrected chi connectivity index (χ0v) is 16.7. The van der Waals surface area contributed by atoms with Crippen LogP contribution in [-0.2, 0) is 19.9 Å². The van der Waals surface area contributed by atoms with Gasteiger partial charge in [-0.05, 0) is 23.8 Å². The minimum atomic E-state index is -1.14. The Kier molecular flexibility index (Phi) is 4.25. The van der Waals surface area contributed by atoms with Gasteiger partial charge in [0.15, 0.2) is 0 Å². The van der Waals surface area contributed by atoms with Crippen molar-refractivity contribution in [2.24, 2.45) is 5.92 Å². The van der Waals surface area contributed by atoms with Crippen molar-refractivity contribution >= 4 is 17.6 Å². The van der Waals surface area contributed by atoms with Gasteiger partial charge < -0.3 is 14.1 Å². The number of furan rings is 1. The number of benzene rings is 2. The number of methoxy groups -OCH3 is 1. The van der Waals surface area contributed by atoms with E-state index in [0.29, 0.717) is 5.76 Å². The van der Waals surface area contributed by atoms with E-state index >= 15 is 0 Å². The summed E-state index contributed by atoms with van der Waals surface area (Å²) in [6.45, 7) is 0. The van der Waals surface area contributed by atoms with Crippen LogP contribution < -0.4 is 10.2 Å². The molecule has 1 spiro atoms. The molecule has 30 heavy (non-hydrogen) atoms. The second-order valence-electron chi connectivity index (χ2n) is 7.76. The number of fused-ring (bicyclic) bond motifs is 2. The predicted octanol–water partition coefficient (Wildman–Crippen LogP) is 3.37. The van der Waals surface area contributed by atoms with Crippen molar-refractivity contribution in [1.82, 2.24) is 5.32 Å². The van der Waals surface area contributed by atoms with Crippen LogP contribution in [0.2, 0.25) is 0 Å². The lowest BCUT2D eigenvalue weighted by molar-refractivity contribution is -0.146. The molecule has 1 amide bonds. The third-order valence-corrected chi connectivity index (χ3v) is 6.38. The summed E-state index contributed by atoms with van der Waals surface area (Å²) >= 11 is 0. The molecule has 152 valence electrons. The summed E-state index contributed by atoms with van der Waals surface area (Å²) in [7, 11) is 3.14. The molecule has 0 bridgehead atoms. The number of likely N-dealkylation sites (N-methyl/N-ethyl adjacent to an activating group) is 1. The molecule has 1 N–H and O–H groups in total. The standard InChI is InChI=1S/C24H22N2O4/c1-26-17-12-7-6-11-16(17)24(23(26)28)20(18-13-8-14-30-18)19(22(27)29-2)21(25-24)15-9-4-3-5-10-15/h3-14,19-21,25H,1-2H3/t19-,20-,21-,24+/m0/s1. The molecule has 0 unspecified atom stereocenters. The summed E-state index contributed by atoms with van der Waals surface area (Å²) in [6, 6.07) is 20.6. The number of nitrogens with zero attached hydrogens (tertiary/aromatic N) is 1. The van der Waals surface area contributed by atoms with Crippen LogP contribution in [0.3, 0.4) is 0 Å². The van der Waals surface area contributed by atoms with Gasteiger partial charge in [0.05, 0.1) is 25.2 Å². The van der Waals surface area contributed by atoms with Gasteiger partial charge in [-0.15, -0.1) is 0 Å². The number of para-hydroxylation sites is 1. The van der Waals surface area contributed by atoms with Gasteiger partial charge in [0.25, 0.3) is 5.91 Å². The Morgan fingerprint density at radius 2 is 1.80 bits per heavy atom. The first-order chi connectivity index (χ1) is 14.6. The summed E-state index contributed by atoms with van der Waals surface area (Å²) in [5.74, 6) is -1.13. The lowest BCUT2D eigenvalue weighted by Gasteiger charge is -2.30. The van der Waals surface area contributed by atoms with Crippen molar-refractivity contribution in [3.8, 4) is 0 Å². The van der Waals surface area contributed by atoms with Crippen LogP contribution in [0.4, 0.5) is 5.69 Å². The van der Waals surface area contributed by atoms with Crippen LogP contribution in [0, 0.1) is 5.92 Å². The second-order valence-corrected chi connectivity index (χ2v) is 7.76. The maximum Gasteiger partial charge on any atom is 0.311 e. The molecule has 0 aliphatic carbocycles. The number of amides is 1. The van der Waals surface area contributed by atoms with Crippen molar-refractivity contribution < 1.29 is 18.7 Å². The summed E-state index contributed by atoms with van der Waals surface area (Å²) < 4.78 is 11.0. The monoisotopic (exact) mass is 402 g/mol. The number of esters is 1. The van der Waals surface area contributed by atoms with E-state index in [1.54, 1.807) is 24.3 Å². The third-order valence-electron chi connectivity index (χ3n) is 6.38. The predicted molar refractivity (Wildman–Crippen MR) is 111 cm³/mol. The molecular formula is C24H22N2O4. The van der Waals surface area contributed by atoms with E-state index < -0.39 is 23.4 Å². The van der Waals surface area contributed by atoms with Gasteiger partial charge in [-0.3, -0.25) is 14.9 Å². The van der Waals surface area contributed by atoms with E-state index in [1.165, 1.54) is 7.11 Å². The van der Waals surface area contributed by atoms with Crippen molar-refractivity contribution in [3.05, 3.63) is 89.9 Å².